The minimum atomic E-state index is -0.928. The van der Waals surface area contributed by atoms with Crippen LogP contribution in [0.15, 0.2) is 24.3 Å². The van der Waals surface area contributed by atoms with Crippen molar-refractivity contribution < 1.29 is 19.4 Å². The summed E-state index contributed by atoms with van der Waals surface area (Å²) >= 11 is 0. The standard InChI is InChI=1S/C15H22N2O4/c1-3-12(10-14(18)19)16-15(20)17-13-7-5-4-6-11(13)8-9-21-2/h4-7,12H,3,8-10H2,1-2H3,(H,18,19)(H2,16,17,20). The Morgan fingerprint density at radius 2 is 2.05 bits per heavy atom. The van der Waals surface area contributed by atoms with E-state index in [1.165, 1.54) is 0 Å². The predicted molar refractivity (Wildman–Crippen MR) is 80.5 cm³/mol. The molecule has 21 heavy (non-hydrogen) atoms. The third-order valence-electron chi connectivity index (χ3n) is 3.09. The van der Waals surface area contributed by atoms with Crippen molar-refractivity contribution in [2.75, 3.05) is 19.0 Å². The molecule has 0 bridgehead atoms. The molecule has 0 radical (unpaired) electrons. The highest BCUT2D eigenvalue weighted by Gasteiger charge is 2.14. The molecule has 1 unspecified atom stereocenters. The number of hydrogen-bond donors (Lipinski definition) is 3. The van der Waals surface area contributed by atoms with Gasteiger partial charge in [-0.15, -0.1) is 0 Å². The zero-order chi connectivity index (χ0) is 15.7. The summed E-state index contributed by atoms with van der Waals surface area (Å²) in [5.74, 6) is -0.928. The van der Waals surface area contributed by atoms with Crippen molar-refractivity contribution in [3.05, 3.63) is 29.8 Å². The Bertz CT molecular complexity index is 476. The zero-order valence-corrected chi connectivity index (χ0v) is 12.4. The first-order valence-corrected chi connectivity index (χ1v) is 6.93. The second kappa shape index (κ2) is 8.97. The third kappa shape index (κ3) is 6.27. The van der Waals surface area contributed by atoms with Crippen LogP contribution in [0.2, 0.25) is 0 Å². The number of urea groups is 1. The molecular formula is C15H22N2O4. The van der Waals surface area contributed by atoms with Crippen LogP contribution in [0, 0.1) is 0 Å². The van der Waals surface area contributed by atoms with Gasteiger partial charge in [-0.05, 0) is 24.5 Å². The molecule has 0 aliphatic heterocycles. The van der Waals surface area contributed by atoms with Gasteiger partial charge in [0.15, 0.2) is 0 Å². The Balaban J connectivity index is 2.63. The SMILES string of the molecule is CCC(CC(=O)O)NC(=O)Nc1ccccc1CCOC. The fourth-order valence-corrected chi connectivity index (χ4v) is 1.92. The van der Waals surface area contributed by atoms with Crippen LogP contribution in [0.25, 0.3) is 0 Å². The molecule has 1 aromatic carbocycles. The summed E-state index contributed by atoms with van der Waals surface area (Å²) < 4.78 is 5.04. The minimum Gasteiger partial charge on any atom is -0.481 e. The fourth-order valence-electron chi connectivity index (χ4n) is 1.92. The number of carboxylic acids is 1. The van der Waals surface area contributed by atoms with Gasteiger partial charge in [-0.25, -0.2) is 4.79 Å². The number of amides is 2. The Morgan fingerprint density at radius 1 is 1.33 bits per heavy atom. The highest BCUT2D eigenvalue weighted by Crippen LogP contribution is 2.15. The van der Waals surface area contributed by atoms with Crippen molar-refractivity contribution in [3.8, 4) is 0 Å². The van der Waals surface area contributed by atoms with Crippen molar-refractivity contribution >= 4 is 17.7 Å². The maximum absolute atomic E-state index is 11.9. The molecule has 1 aromatic rings. The van der Waals surface area contributed by atoms with Crippen LogP contribution in [0.1, 0.15) is 25.3 Å². The summed E-state index contributed by atoms with van der Waals surface area (Å²) in [5, 5.41) is 14.2. The van der Waals surface area contributed by atoms with E-state index in [4.69, 9.17) is 9.84 Å². The van der Waals surface area contributed by atoms with Crippen LogP contribution in [0.3, 0.4) is 0 Å². The van der Waals surface area contributed by atoms with E-state index in [1.54, 1.807) is 7.11 Å². The normalized spacial score (nSPS) is 11.7. The number of methoxy groups -OCH3 is 1. The number of carbonyl (C=O) groups is 2. The van der Waals surface area contributed by atoms with Gasteiger partial charge in [0.25, 0.3) is 0 Å². The first-order chi connectivity index (χ1) is 10.1. The molecule has 1 rings (SSSR count). The largest absolute Gasteiger partial charge is 0.481 e. The van der Waals surface area contributed by atoms with Gasteiger partial charge in [0.1, 0.15) is 0 Å². The Kier molecular flexibility index (Phi) is 7.25. The number of rotatable bonds is 8. The predicted octanol–water partition coefficient (Wildman–Crippen LogP) is 2.25. The van der Waals surface area contributed by atoms with E-state index in [0.717, 1.165) is 5.56 Å². The van der Waals surface area contributed by atoms with Gasteiger partial charge in [-0.3, -0.25) is 4.79 Å². The molecular weight excluding hydrogens is 272 g/mol. The van der Waals surface area contributed by atoms with E-state index >= 15 is 0 Å². The van der Waals surface area contributed by atoms with Crippen LogP contribution in [0.5, 0.6) is 0 Å². The molecule has 1 atom stereocenters. The number of ether oxygens (including phenoxy) is 1. The van der Waals surface area contributed by atoms with Gasteiger partial charge in [-0.1, -0.05) is 25.1 Å². The molecule has 0 heterocycles. The Morgan fingerprint density at radius 3 is 2.67 bits per heavy atom. The van der Waals surface area contributed by atoms with E-state index in [2.05, 4.69) is 10.6 Å². The summed E-state index contributed by atoms with van der Waals surface area (Å²) in [6.45, 7) is 2.40. The molecule has 3 N–H and O–H groups in total. The lowest BCUT2D eigenvalue weighted by molar-refractivity contribution is -0.137. The van der Waals surface area contributed by atoms with Gasteiger partial charge < -0.3 is 20.5 Å². The quantitative estimate of drug-likeness (QED) is 0.686. The van der Waals surface area contributed by atoms with E-state index in [9.17, 15) is 9.59 Å². The number of benzene rings is 1. The van der Waals surface area contributed by atoms with E-state index in [1.807, 2.05) is 31.2 Å². The third-order valence-corrected chi connectivity index (χ3v) is 3.09. The first-order valence-electron chi connectivity index (χ1n) is 6.93. The number of nitrogens with one attached hydrogen (secondary N) is 2. The molecule has 0 saturated carbocycles. The van der Waals surface area contributed by atoms with Crippen LogP contribution in [-0.2, 0) is 16.0 Å². The van der Waals surface area contributed by atoms with E-state index in [0.29, 0.717) is 25.1 Å². The van der Waals surface area contributed by atoms with Crippen LogP contribution in [0.4, 0.5) is 10.5 Å². The lowest BCUT2D eigenvalue weighted by Gasteiger charge is -2.17. The highest BCUT2D eigenvalue weighted by molar-refractivity contribution is 5.90. The van der Waals surface area contributed by atoms with Crippen molar-refractivity contribution in [1.82, 2.24) is 5.32 Å². The second-order valence-electron chi connectivity index (χ2n) is 4.70. The maximum Gasteiger partial charge on any atom is 0.319 e. The molecule has 6 nitrogen and oxygen atoms in total. The fraction of sp³-hybridized carbons (Fsp3) is 0.467. The van der Waals surface area contributed by atoms with Crippen LogP contribution >= 0.6 is 0 Å². The number of para-hydroxylation sites is 1. The average molecular weight is 294 g/mol. The van der Waals surface area contributed by atoms with E-state index < -0.39 is 12.0 Å². The minimum absolute atomic E-state index is 0.0881. The zero-order valence-electron chi connectivity index (χ0n) is 12.4. The average Bonchev–Trinajstić information content (AvgIpc) is 2.45. The van der Waals surface area contributed by atoms with E-state index in [-0.39, 0.29) is 12.5 Å². The molecule has 116 valence electrons. The van der Waals surface area contributed by atoms with Gasteiger partial charge in [0.05, 0.1) is 13.0 Å². The van der Waals surface area contributed by atoms with Crippen LogP contribution in [-0.4, -0.2) is 36.9 Å². The molecule has 0 aliphatic rings. The number of aliphatic carboxylic acids is 1. The summed E-state index contributed by atoms with van der Waals surface area (Å²) in [6.07, 6.45) is 1.17. The number of carboxylic acid groups (broad SMARTS) is 1. The molecule has 0 saturated heterocycles. The smallest absolute Gasteiger partial charge is 0.319 e. The summed E-state index contributed by atoms with van der Waals surface area (Å²) in [7, 11) is 1.63. The molecule has 2 amide bonds. The van der Waals surface area contributed by atoms with Gasteiger partial charge >= 0.3 is 12.0 Å². The monoisotopic (exact) mass is 294 g/mol. The maximum atomic E-state index is 11.9. The van der Waals surface area contributed by atoms with Gasteiger partial charge in [0.2, 0.25) is 0 Å². The summed E-state index contributed by atoms with van der Waals surface area (Å²) in [5.41, 5.74) is 1.68. The van der Waals surface area contributed by atoms with Crippen molar-refractivity contribution in [2.24, 2.45) is 0 Å². The highest BCUT2D eigenvalue weighted by atomic mass is 16.5. The number of hydrogen-bond acceptors (Lipinski definition) is 3. The summed E-state index contributed by atoms with van der Waals surface area (Å²) in [4.78, 5) is 22.6. The number of anilines is 1. The van der Waals surface area contributed by atoms with Crippen molar-refractivity contribution in [3.63, 3.8) is 0 Å². The molecule has 0 fully saturated rings. The topological polar surface area (TPSA) is 87.7 Å². The first kappa shape index (κ1) is 17.0. The summed E-state index contributed by atoms with van der Waals surface area (Å²) in [6, 6.07) is 6.68. The van der Waals surface area contributed by atoms with Crippen LogP contribution < -0.4 is 10.6 Å². The molecule has 0 aromatic heterocycles. The Hall–Kier alpha value is -2.08. The number of carbonyl (C=O) groups excluding carboxylic acids is 1. The molecule has 0 spiro atoms. The van der Waals surface area contributed by atoms with Gasteiger partial charge in [0, 0.05) is 18.8 Å². The molecule has 6 heteroatoms. The molecule has 0 aliphatic carbocycles. The lowest BCUT2D eigenvalue weighted by Crippen LogP contribution is -2.39. The van der Waals surface area contributed by atoms with Crippen molar-refractivity contribution in [2.45, 2.75) is 32.2 Å². The van der Waals surface area contributed by atoms with Gasteiger partial charge in [-0.2, -0.15) is 0 Å². The lowest BCUT2D eigenvalue weighted by atomic mass is 10.1. The Labute approximate surface area is 124 Å². The second-order valence-corrected chi connectivity index (χ2v) is 4.70. The van der Waals surface area contributed by atoms with Crippen molar-refractivity contribution in [1.29, 1.82) is 0 Å².